The quantitative estimate of drug-likeness (QED) is 0.681. The summed E-state index contributed by atoms with van der Waals surface area (Å²) < 4.78 is 0. The molecule has 2 aliphatic heterocycles. The average molecular weight is 213 g/mol. The number of hydrogen-bond donors (Lipinski definition) is 1. The predicted molar refractivity (Wildman–Crippen MR) is 58.5 cm³/mol. The molecule has 2 fully saturated rings. The molecule has 78 valence electrons. The van der Waals surface area contributed by atoms with Crippen molar-refractivity contribution in [3.8, 4) is 0 Å². The Labute approximate surface area is 88.1 Å². The molecule has 4 nitrogen and oxygen atoms in total. The monoisotopic (exact) mass is 213 g/mol. The summed E-state index contributed by atoms with van der Waals surface area (Å²) in [7, 11) is 1.83. The van der Waals surface area contributed by atoms with Gasteiger partial charge in [-0.05, 0) is 13.3 Å². The van der Waals surface area contributed by atoms with Crippen molar-refractivity contribution >= 4 is 22.8 Å². The first-order chi connectivity index (χ1) is 6.66. The van der Waals surface area contributed by atoms with Crippen LogP contribution in [0.1, 0.15) is 13.3 Å². The number of rotatable bonds is 1. The molecule has 14 heavy (non-hydrogen) atoms. The lowest BCUT2D eigenvalue weighted by molar-refractivity contribution is -0.127. The Kier molecular flexibility index (Phi) is 2.67. The topological polar surface area (TPSA) is 44.7 Å². The van der Waals surface area contributed by atoms with E-state index in [-0.39, 0.29) is 11.9 Å². The van der Waals surface area contributed by atoms with Crippen molar-refractivity contribution in [2.45, 2.75) is 25.4 Å². The van der Waals surface area contributed by atoms with Crippen LogP contribution in [0.4, 0.5) is 0 Å². The van der Waals surface area contributed by atoms with E-state index in [1.165, 1.54) is 0 Å². The average Bonchev–Trinajstić information content (AvgIpc) is 2.67. The first-order valence-corrected chi connectivity index (χ1v) is 5.87. The fourth-order valence-corrected chi connectivity index (χ4v) is 2.62. The molecule has 0 aliphatic carbocycles. The SMILES string of the molecule is CC1CSC(=NC2CCN(C)C2=O)N1. The highest BCUT2D eigenvalue weighted by atomic mass is 32.2. The second kappa shape index (κ2) is 3.81. The van der Waals surface area contributed by atoms with Gasteiger partial charge in [-0.1, -0.05) is 11.8 Å². The van der Waals surface area contributed by atoms with E-state index < -0.39 is 0 Å². The van der Waals surface area contributed by atoms with E-state index in [1.54, 1.807) is 16.7 Å². The lowest BCUT2D eigenvalue weighted by Crippen LogP contribution is -2.28. The van der Waals surface area contributed by atoms with Crippen LogP contribution in [0.25, 0.3) is 0 Å². The zero-order chi connectivity index (χ0) is 10.1. The summed E-state index contributed by atoms with van der Waals surface area (Å²) in [6.07, 6.45) is 0.857. The third-order valence-corrected chi connectivity index (χ3v) is 3.68. The Morgan fingerprint density at radius 1 is 1.64 bits per heavy atom. The Balaban J connectivity index is 2.00. The zero-order valence-corrected chi connectivity index (χ0v) is 9.30. The lowest BCUT2D eigenvalue weighted by atomic mass is 10.3. The minimum atomic E-state index is -0.139. The third kappa shape index (κ3) is 1.87. The van der Waals surface area contributed by atoms with Crippen molar-refractivity contribution in [2.24, 2.45) is 4.99 Å². The maximum absolute atomic E-state index is 11.6. The second-order valence-electron chi connectivity index (χ2n) is 3.85. The van der Waals surface area contributed by atoms with Gasteiger partial charge in [0.2, 0.25) is 5.91 Å². The van der Waals surface area contributed by atoms with Gasteiger partial charge in [0.25, 0.3) is 0 Å². The highest BCUT2D eigenvalue weighted by Gasteiger charge is 2.29. The Hall–Kier alpha value is -0.710. The fourth-order valence-electron chi connectivity index (χ4n) is 1.64. The molecular weight excluding hydrogens is 198 g/mol. The number of carbonyl (C=O) groups excluding carboxylic acids is 1. The molecule has 2 rings (SSSR count). The van der Waals surface area contributed by atoms with E-state index in [9.17, 15) is 4.79 Å². The van der Waals surface area contributed by atoms with Crippen LogP contribution >= 0.6 is 11.8 Å². The molecule has 2 aliphatic rings. The number of aliphatic imine (C=N–C) groups is 1. The number of nitrogens with zero attached hydrogens (tertiary/aromatic N) is 2. The smallest absolute Gasteiger partial charge is 0.247 e. The summed E-state index contributed by atoms with van der Waals surface area (Å²) in [5, 5.41) is 4.19. The molecule has 0 aromatic carbocycles. The van der Waals surface area contributed by atoms with Crippen molar-refractivity contribution in [2.75, 3.05) is 19.3 Å². The molecule has 0 spiro atoms. The molecule has 5 heteroatoms. The van der Waals surface area contributed by atoms with Gasteiger partial charge in [-0.25, -0.2) is 4.99 Å². The van der Waals surface area contributed by atoms with Crippen LogP contribution < -0.4 is 5.32 Å². The number of hydrogen-bond acceptors (Lipinski definition) is 3. The van der Waals surface area contributed by atoms with E-state index >= 15 is 0 Å². The molecular formula is C9H15N3OS. The largest absolute Gasteiger partial charge is 0.362 e. The molecule has 0 aromatic rings. The molecule has 2 unspecified atom stereocenters. The zero-order valence-electron chi connectivity index (χ0n) is 8.49. The van der Waals surface area contributed by atoms with Gasteiger partial charge in [0.15, 0.2) is 5.17 Å². The number of nitrogens with one attached hydrogen (secondary N) is 1. The van der Waals surface area contributed by atoms with Crippen molar-refractivity contribution < 1.29 is 4.79 Å². The number of likely N-dealkylation sites (N-methyl/N-ethyl adjacent to an activating group) is 1. The molecule has 0 radical (unpaired) electrons. The van der Waals surface area contributed by atoms with Gasteiger partial charge in [-0.2, -0.15) is 0 Å². The molecule has 1 N–H and O–H groups in total. The summed E-state index contributed by atoms with van der Waals surface area (Å²) in [6.45, 7) is 2.96. The molecule has 0 bridgehead atoms. The Morgan fingerprint density at radius 3 is 2.93 bits per heavy atom. The normalized spacial score (nSPS) is 35.4. The van der Waals surface area contributed by atoms with Gasteiger partial charge in [0.05, 0.1) is 0 Å². The van der Waals surface area contributed by atoms with Gasteiger partial charge >= 0.3 is 0 Å². The van der Waals surface area contributed by atoms with Crippen molar-refractivity contribution in [3.63, 3.8) is 0 Å². The maximum atomic E-state index is 11.6. The molecule has 2 saturated heterocycles. The van der Waals surface area contributed by atoms with Crippen molar-refractivity contribution in [3.05, 3.63) is 0 Å². The van der Waals surface area contributed by atoms with Crippen LogP contribution in [-0.2, 0) is 4.79 Å². The number of amidine groups is 1. The van der Waals surface area contributed by atoms with Crippen LogP contribution in [0.5, 0.6) is 0 Å². The highest BCUT2D eigenvalue weighted by Crippen LogP contribution is 2.18. The summed E-state index contributed by atoms with van der Waals surface area (Å²) >= 11 is 1.71. The summed E-state index contributed by atoms with van der Waals surface area (Å²) in [5.41, 5.74) is 0. The fraction of sp³-hybridized carbons (Fsp3) is 0.778. The van der Waals surface area contributed by atoms with Crippen molar-refractivity contribution in [1.29, 1.82) is 0 Å². The first kappa shape index (κ1) is 9.83. The standard InChI is InChI=1S/C9H15N3OS/c1-6-5-14-9(10-6)11-7-3-4-12(2)8(7)13/h6-7H,3-5H2,1-2H3,(H,10,11). The number of thioether (sulfide) groups is 1. The van der Waals surface area contributed by atoms with Crippen molar-refractivity contribution in [1.82, 2.24) is 10.2 Å². The minimum Gasteiger partial charge on any atom is -0.362 e. The molecule has 0 saturated carbocycles. The van der Waals surface area contributed by atoms with Gasteiger partial charge < -0.3 is 10.2 Å². The van der Waals surface area contributed by atoms with Crippen LogP contribution in [0, 0.1) is 0 Å². The van der Waals surface area contributed by atoms with E-state index in [0.29, 0.717) is 6.04 Å². The third-order valence-electron chi connectivity index (χ3n) is 2.51. The molecule has 0 aromatic heterocycles. The van der Waals surface area contributed by atoms with E-state index in [1.807, 2.05) is 7.05 Å². The molecule has 2 atom stereocenters. The first-order valence-electron chi connectivity index (χ1n) is 4.89. The number of amides is 1. The summed E-state index contributed by atoms with van der Waals surface area (Å²) in [6, 6.07) is 0.341. The van der Waals surface area contributed by atoms with E-state index in [4.69, 9.17) is 0 Å². The predicted octanol–water partition coefficient (Wildman–Crippen LogP) is 0.298. The summed E-state index contributed by atoms with van der Waals surface area (Å²) in [5.74, 6) is 1.20. The van der Waals surface area contributed by atoms with Gasteiger partial charge in [-0.15, -0.1) is 0 Å². The highest BCUT2D eigenvalue weighted by molar-refractivity contribution is 8.14. The van der Waals surface area contributed by atoms with Crippen LogP contribution in [0.15, 0.2) is 4.99 Å². The lowest BCUT2D eigenvalue weighted by Gasteiger charge is -2.07. The maximum Gasteiger partial charge on any atom is 0.247 e. The second-order valence-corrected chi connectivity index (χ2v) is 4.86. The Bertz CT molecular complexity index is 279. The number of carbonyl (C=O) groups is 1. The molecule has 2 heterocycles. The summed E-state index contributed by atoms with van der Waals surface area (Å²) in [4.78, 5) is 17.7. The van der Waals surface area contributed by atoms with E-state index in [2.05, 4.69) is 17.2 Å². The van der Waals surface area contributed by atoms with Crippen LogP contribution in [0.3, 0.4) is 0 Å². The van der Waals surface area contributed by atoms with Gasteiger partial charge in [0, 0.05) is 25.4 Å². The van der Waals surface area contributed by atoms with Crippen LogP contribution in [0.2, 0.25) is 0 Å². The Morgan fingerprint density at radius 2 is 2.43 bits per heavy atom. The molecule has 1 amide bonds. The minimum absolute atomic E-state index is 0.139. The van der Waals surface area contributed by atoms with E-state index in [0.717, 1.165) is 23.9 Å². The van der Waals surface area contributed by atoms with Gasteiger partial charge in [0.1, 0.15) is 6.04 Å². The number of likely N-dealkylation sites (tertiary alicyclic amines) is 1. The van der Waals surface area contributed by atoms with Gasteiger partial charge in [-0.3, -0.25) is 4.79 Å². The van der Waals surface area contributed by atoms with Crippen LogP contribution in [-0.4, -0.2) is 47.4 Å².